The molecule has 2 N–H and O–H groups in total. The van der Waals surface area contributed by atoms with E-state index in [2.05, 4.69) is 20.3 Å². The number of aryl methyl sites for hydroxylation is 3. The van der Waals surface area contributed by atoms with E-state index < -0.39 is 0 Å². The summed E-state index contributed by atoms with van der Waals surface area (Å²) in [5, 5.41) is 4.34. The molecule has 32 heavy (non-hydrogen) atoms. The third-order valence-corrected chi connectivity index (χ3v) is 6.68. The summed E-state index contributed by atoms with van der Waals surface area (Å²) < 4.78 is 1.71. The average Bonchev–Trinajstić information content (AvgIpc) is 3.27. The maximum Gasteiger partial charge on any atom is 0.258 e. The number of anilines is 2. The second-order valence-corrected chi connectivity index (χ2v) is 8.98. The summed E-state index contributed by atoms with van der Waals surface area (Å²) in [6.07, 6.45) is 10.2. The first-order valence-corrected chi connectivity index (χ1v) is 11.4. The molecule has 0 atom stereocenters. The van der Waals surface area contributed by atoms with Crippen molar-refractivity contribution in [3.63, 3.8) is 0 Å². The van der Waals surface area contributed by atoms with E-state index in [0.29, 0.717) is 11.5 Å². The van der Waals surface area contributed by atoms with Gasteiger partial charge in [-0.3, -0.25) is 9.78 Å². The van der Waals surface area contributed by atoms with E-state index in [-0.39, 0.29) is 5.56 Å². The molecule has 0 aliphatic heterocycles. The highest BCUT2D eigenvalue weighted by molar-refractivity contribution is 5.85. The molecule has 1 aromatic carbocycles. The van der Waals surface area contributed by atoms with Crippen molar-refractivity contribution in [3.8, 4) is 11.1 Å². The van der Waals surface area contributed by atoms with Crippen molar-refractivity contribution in [2.75, 3.05) is 5.32 Å². The number of nitrogens with zero attached hydrogens (tertiary/aromatic N) is 3. The molecule has 0 unspecified atom stereocenters. The summed E-state index contributed by atoms with van der Waals surface area (Å²) in [7, 11) is 1.82. The Labute approximate surface area is 187 Å². The van der Waals surface area contributed by atoms with Crippen LogP contribution in [0.3, 0.4) is 0 Å². The van der Waals surface area contributed by atoms with Gasteiger partial charge in [0.1, 0.15) is 0 Å². The molecule has 0 amide bonds. The molecule has 164 valence electrons. The van der Waals surface area contributed by atoms with Crippen molar-refractivity contribution in [3.05, 3.63) is 70.0 Å². The number of hydrogen-bond donors (Lipinski definition) is 2. The van der Waals surface area contributed by atoms with E-state index in [9.17, 15) is 4.79 Å². The van der Waals surface area contributed by atoms with E-state index in [0.717, 1.165) is 39.4 Å². The molecule has 3 heterocycles. The normalized spacial score (nSPS) is 14.7. The highest BCUT2D eigenvalue weighted by Crippen LogP contribution is 2.33. The van der Waals surface area contributed by atoms with Crippen molar-refractivity contribution < 1.29 is 0 Å². The minimum Gasteiger partial charge on any atom is -0.328 e. The Morgan fingerprint density at radius 3 is 2.62 bits per heavy atom. The molecule has 4 aromatic rings. The van der Waals surface area contributed by atoms with E-state index >= 15 is 0 Å². The average molecular weight is 428 g/mol. The van der Waals surface area contributed by atoms with Gasteiger partial charge in [0.2, 0.25) is 5.95 Å². The molecule has 3 aromatic heterocycles. The molecule has 0 spiro atoms. The van der Waals surface area contributed by atoms with Crippen molar-refractivity contribution >= 4 is 22.5 Å². The number of imidazole rings is 1. The number of rotatable bonds is 4. The van der Waals surface area contributed by atoms with Gasteiger partial charge in [0, 0.05) is 47.2 Å². The first-order valence-electron chi connectivity index (χ1n) is 11.4. The lowest BCUT2D eigenvalue weighted by atomic mass is 9.87. The number of nitrogens with one attached hydrogen (secondary N) is 2. The van der Waals surface area contributed by atoms with Crippen LogP contribution in [0, 0.1) is 13.8 Å². The third-order valence-electron chi connectivity index (χ3n) is 6.68. The lowest BCUT2D eigenvalue weighted by molar-refractivity contribution is 0.438. The number of H-pyrrole nitrogens is 1. The van der Waals surface area contributed by atoms with E-state index in [4.69, 9.17) is 0 Å². The molecule has 1 fully saturated rings. The Balaban J connectivity index is 1.48. The van der Waals surface area contributed by atoms with Crippen molar-refractivity contribution in [1.29, 1.82) is 0 Å². The molecule has 6 nitrogen and oxygen atoms in total. The summed E-state index contributed by atoms with van der Waals surface area (Å²) in [5.41, 5.74) is 6.53. The molecule has 1 aliphatic rings. The summed E-state index contributed by atoms with van der Waals surface area (Å²) in [6, 6.07) is 10.00. The number of fused-ring (bicyclic) bond motifs is 1. The number of aromatic amines is 1. The zero-order valence-electron chi connectivity index (χ0n) is 18.9. The van der Waals surface area contributed by atoms with Crippen LogP contribution in [0.15, 0.2) is 47.5 Å². The maximum absolute atomic E-state index is 13.2. The van der Waals surface area contributed by atoms with E-state index in [1.165, 1.54) is 37.8 Å². The molecule has 1 saturated carbocycles. The fourth-order valence-corrected chi connectivity index (χ4v) is 4.80. The van der Waals surface area contributed by atoms with Gasteiger partial charge in [-0.15, -0.1) is 0 Å². The lowest BCUT2D eigenvalue weighted by Gasteiger charge is -2.19. The van der Waals surface area contributed by atoms with Gasteiger partial charge < -0.3 is 14.9 Å². The summed E-state index contributed by atoms with van der Waals surface area (Å²) >= 11 is 0. The number of hydrogen-bond acceptors (Lipinski definition) is 4. The van der Waals surface area contributed by atoms with Crippen LogP contribution >= 0.6 is 0 Å². The van der Waals surface area contributed by atoms with Crippen LogP contribution in [-0.4, -0.2) is 19.5 Å². The molecule has 0 bridgehead atoms. The fourth-order valence-electron chi connectivity index (χ4n) is 4.80. The predicted molar refractivity (Wildman–Crippen MR) is 130 cm³/mol. The fraction of sp³-hybridized carbons (Fsp3) is 0.346. The second-order valence-electron chi connectivity index (χ2n) is 8.98. The number of benzene rings is 1. The maximum atomic E-state index is 13.2. The Hall–Kier alpha value is -3.41. The first kappa shape index (κ1) is 20.5. The molecule has 0 radical (unpaired) electrons. The Morgan fingerprint density at radius 2 is 1.81 bits per heavy atom. The Kier molecular flexibility index (Phi) is 5.29. The first-order chi connectivity index (χ1) is 15.5. The lowest BCUT2D eigenvalue weighted by Crippen LogP contribution is -2.19. The Bertz CT molecular complexity index is 1340. The van der Waals surface area contributed by atoms with Crippen LogP contribution in [0.4, 0.5) is 11.6 Å². The van der Waals surface area contributed by atoms with Crippen LogP contribution in [0.1, 0.15) is 55.0 Å². The van der Waals surface area contributed by atoms with Gasteiger partial charge in [0.05, 0.1) is 11.7 Å². The van der Waals surface area contributed by atoms with Gasteiger partial charge in [-0.1, -0.05) is 25.3 Å². The van der Waals surface area contributed by atoms with Gasteiger partial charge in [0.15, 0.2) is 0 Å². The van der Waals surface area contributed by atoms with Crippen LogP contribution in [0.25, 0.3) is 22.0 Å². The minimum atomic E-state index is -0.0130. The zero-order valence-corrected chi connectivity index (χ0v) is 18.9. The van der Waals surface area contributed by atoms with Gasteiger partial charge in [-0.05, 0) is 62.1 Å². The standard InChI is InChI=1S/C26H29N5O/c1-16-9-10-20(29-26-28-15-23(30-26)18-7-5-4-6-8-18)13-21(16)22-12-19-14-27-17(2)11-24(19)31(3)25(22)32/h9-15,18H,4-8H2,1-3H3,(H2,28,29,30). The molecule has 6 heteroatoms. The van der Waals surface area contributed by atoms with Crippen LogP contribution < -0.4 is 10.9 Å². The van der Waals surface area contributed by atoms with Gasteiger partial charge in [-0.2, -0.15) is 0 Å². The zero-order chi connectivity index (χ0) is 22.2. The minimum absolute atomic E-state index is 0.0130. The monoisotopic (exact) mass is 427 g/mol. The smallest absolute Gasteiger partial charge is 0.258 e. The van der Waals surface area contributed by atoms with Crippen LogP contribution in [-0.2, 0) is 7.05 Å². The Morgan fingerprint density at radius 1 is 1.00 bits per heavy atom. The molecule has 0 saturated heterocycles. The number of pyridine rings is 2. The summed E-state index contributed by atoms with van der Waals surface area (Å²) in [4.78, 5) is 25.6. The van der Waals surface area contributed by atoms with E-state index in [1.807, 2.05) is 63.6 Å². The second kappa shape index (κ2) is 8.26. The van der Waals surface area contributed by atoms with Gasteiger partial charge >= 0.3 is 0 Å². The summed E-state index contributed by atoms with van der Waals surface area (Å²) in [5.74, 6) is 1.32. The van der Waals surface area contributed by atoms with Crippen molar-refractivity contribution in [1.82, 2.24) is 19.5 Å². The topological polar surface area (TPSA) is 75.6 Å². The molecular weight excluding hydrogens is 398 g/mol. The molecule has 1 aliphatic carbocycles. The highest BCUT2D eigenvalue weighted by Gasteiger charge is 2.18. The molecule has 5 rings (SSSR count). The van der Waals surface area contributed by atoms with Crippen LogP contribution in [0.2, 0.25) is 0 Å². The molecular formula is C26H29N5O. The van der Waals surface area contributed by atoms with E-state index in [1.54, 1.807) is 4.57 Å². The van der Waals surface area contributed by atoms with Crippen LogP contribution in [0.5, 0.6) is 0 Å². The SMILES string of the molecule is Cc1cc2c(cn1)cc(-c1cc(Nc3ncc(C4CCCCC4)[nH]3)ccc1C)c(=O)n2C. The third kappa shape index (κ3) is 3.81. The summed E-state index contributed by atoms with van der Waals surface area (Å²) in [6.45, 7) is 3.97. The van der Waals surface area contributed by atoms with Crippen molar-refractivity contribution in [2.45, 2.75) is 51.9 Å². The largest absolute Gasteiger partial charge is 0.328 e. The quantitative estimate of drug-likeness (QED) is 0.436. The predicted octanol–water partition coefficient (Wildman–Crippen LogP) is 5.73. The highest BCUT2D eigenvalue weighted by atomic mass is 16.1. The van der Waals surface area contributed by atoms with Gasteiger partial charge in [-0.25, -0.2) is 4.98 Å². The number of aromatic nitrogens is 4. The van der Waals surface area contributed by atoms with Crippen molar-refractivity contribution in [2.24, 2.45) is 7.05 Å². The van der Waals surface area contributed by atoms with Gasteiger partial charge in [0.25, 0.3) is 5.56 Å².